The van der Waals surface area contributed by atoms with Gasteiger partial charge in [0.1, 0.15) is 5.76 Å². The Hall–Kier alpha value is -2.87. The zero-order chi connectivity index (χ0) is 23.5. The normalized spacial score (nSPS) is 21.2. The van der Waals surface area contributed by atoms with Gasteiger partial charge in [0, 0.05) is 50.6 Å². The summed E-state index contributed by atoms with van der Waals surface area (Å²) in [6.07, 6.45) is 9.84. The van der Waals surface area contributed by atoms with Crippen LogP contribution in [0.3, 0.4) is 0 Å². The molecule has 8 nitrogen and oxygen atoms in total. The first-order valence-corrected chi connectivity index (χ1v) is 12.7. The van der Waals surface area contributed by atoms with E-state index in [0.717, 1.165) is 79.2 Å². The van der Waals surface area contributed by atoms with Gasteiger partial charge in [-0.1, -0.05) is 6.07 Å². The molecule has 1 saturated carbocycles. The monoisotopic (exact) mass is 465 g/mol. The van der Waals surface area contributed by atoms with Gasteiger partial charge in [0.2, 0.25) is 0 Å². The Morgan fingerprint density at radius 2 is 2.03 bits per heavy atom. The highest BCUT2D eigenvalue weighted by atomic mass is 16.6. The number of oxazole rings is 1. The Morgan fingerprint density at radius 1 is 1.21 bits per heavy atom. The van der Waals surface area contributed by atoms with Gasteiger partial charge in [0.15, 0.2) is 0 Å². The zero-order valence-electron chi connectivity index (χ0n) is 20.3. The molecule has 0 atom stereocenters. The lowest BCUT2D eigenvalue weighted by atomic mass is 9.84. The Bertz CT molecular complexity index is 1100. The summed E-state index contributed by atoms with van der Waals surface area (Å²) in [4.78, 5) is 20.0. The first-order chi connectivity index (χ1) is 16.6. The molecule has 1 aliphatic heterocycles. The van der Waals surface area contributed by atoms with Crippen LogP contribution in [-0.4, -0.2) is 57.9 Å². The van der Waals surface area contributed by atoms with Crippen LogP contribution in [0.1, 0.15) is 60.8 Å². The molecular weight excluding hydrogens is 430 g/mol. The molecule has 3 aromatic rings. The third kappa shape index (κ3) is 5.12. The molecule has 182 valence electrons. The standard InChI is InChI=1S/C26H35N5O3/c1-3-33-26-28-23-12-15-31(16-13-24(23)34-26)14-11-18-7-9-19(10-8-18)27-25(32)20-5-4-6-22-21(20)17-30(2)29-22/h4-6,17-19H,3,7-16H2,1-2H3,(H,27,32)/t18-,19-. The van der Waals surface area contributed by atoms with E-state index in [9.17, 15) is 4.79 Å². The molecule has 1 fully saturated rings. The molecule has 5 rings (SSSR count). The van der Waals surface area contributed by atoms with Crippen molar-refractivity contribution in [3.05, 3.63) is 41.4 Å². The number of rotatable bonds is 7. The maximum absolute atomic E-state index is 12.9. The van der Waals surface area contributed by atoms with Crippen LogP contribution < -0.4 is 10.1 Å². The number of fused-ring (bicyclic) bond motifs is 2. The highest BCUT2D eigenvalue weighted by Gasteiger charge is 2.25. The Labute approximate surface area is 200 Å². The minimum Gasteiger partial charge on any atom is -0.450 e. The fraction of sp³-hybridized carbons (Fsp3) is 0.577. The fourth-order valence-corrected chi connectivity index (χ4v) is 5.38. The van der Waals surface area contributed by atoms with Crippen molar-refractivity contribution < 1.29 is 13.9 Å². The van der Waals surface area contributed by atoms with Gasteiger partial charge < -0.3 is 19.4 Å². The molecular formula is C26H35N5O3. The summed E-state index contributed by atoms with van der Waals surface area (Å²) in [5.74, 6) is 1.74. The topological polar surface area (TPSA) is 85.4 Å². The number of carbonyl (C=O) groups is 1. The molecule has 2 aromatic heterocycles. The van der Waals surface area contributed by atoms with E-state index in [2.05, 4.69) is 20.3 Å². The average Bonchev–Trinajstić information content (AvgIpc) is 3.35. The molecule has 8 heteroatoms. The van der Waals surface area contributed by atoms with Crippen LogP contribution in [0, 0.1) is 5.92 Å². The van der Waals surface area contributed by atoms with Crippen LogP contribution in [0.5, 0.6) is 6.08 Å². The molecule has 0 unspecified atom stereocenters. The molecule has 0 saturated heterocycles. The van der Waals surface area contributed by atoms with Crippen LogP contribution in [-0.2, 0) is 19.9 Å². The van der Waals surface area contributed by atoms with Crippen LogP contribution in [0.4, 0.5) is 0 Å². The van der Waals surface area contributed by atoms with E-state index >= 15 is 0 Å². The van der Waals surface area contributed by atoms with E-state index in [0.29, 0.717) is 12.7 Å². The number of hydrogen-bond acceptors (Lipinski definition) is 6. The molecule has 0 radical (unpaired) electrons. The van der Waals surface area contributed by atoms with E-state index in [-0.39, 0.29) is 11.9 Å². The Morgan fingerprint density at radius 3 is 2.85 bits per heavy atom. The second kappa shape index (κ2) is 10.2. The minimum absolute atomic E-state index is 0.0181. The second-order valence-electron chi connectivity index (χ2n) is 9.65. The van der Waals surface area contributed by atoms with Gasteiger partial charge in [-0.15, -0.1) is 0 Å². The third-order valence-corrected chi connectivity index (χ3v) is 7.29. The summed E-state index contributed by atoms with van der Waals surface area (Å²) in [5, 5.41) is 8.61. The summed E-state index contributed by atoms with van der Waals surface area (Å²) in [7, 11) is 1.89. The summed E-state index contributed by atoms with van der Waals surface area (Å²) in [5.41, 5.74) is 2.64. The Kier molecular flexibility index (Phi) is 6.85. The number of nitrogens with one attached hydrogen (secondary N) is 1. The van der Waals surface area contributed by atoms with Gasteiger partial charge in [0.25, 0.3) is 5.91 Å². The van der Waals surface area contributed by atoms with Crippen molar-refractivity contribution in [2.24, 2.45) is 13.0 Å². The highest BCUT2D eigenvalue weighted by molar-refractivity contribution is 6.06. The molecule has 1 amide bonds. The Balaban J connectivity index is 1.06. The number of carbonyl (C=O) groups excluding carboxylic acids is 1. The highest BCUT2D eigenvalue weighted by Crippen LogP contribution is 2.28. The van der Waals surface area contributed by atoms with Crippen molar-refractivity contribution in [1.82, 2.24) is 25.0 Å². The zero-order valence-corrected chi connectivity index (χ0v) is 20.3. The minimum atomic E-state index is 0.0181. The van der Waals surface area contributed by atoms with Crippen molar-refractivity contribution in [1.29, 1.82) is 0 Å². The van der Waals surface area contributed by atoms with Gasteiger partial charge in [-0.05, 0) is 63.6 Å². The van der Waals surface area contributed by atoms with Crippen LogP contribution >= 0.6 is 0 Å². The van der Waals surface area contributed by atoms with E-state index < -0.39 is 0 Å². The summed E-state index contributed by atoms with van der Waals surface area (Å²) in [6, 6.07) is 6.01. The maximum Gasteiger partial charge on any atom is 0.393 e. The molecule has 34 heavy (non-hydrogen) atoms. The lowest BCUT2D eigenvalue weighted by Crippen LogP contribution is -2.38. The predicted molar refractivity (Wildman–Crippen MR) is 130 cm³/mol. The van der Waals surface area contributed by atoms with Gasteiger partial charge in [-0.2, -0.15) is 10.1 Å². The summed E-state index contributed by atoms with van der Waals surface area (Å²) < 4.78 is 12.9. The number of aromatic nitrogens is 3. The van der Waals surface area contributed by atoms with Crippen molar-refractivity contribution in [2.45, 2.75) is 57.9 Å². The van der Waals surface area contributed by atoms with Gasteiger partial charge in [-0.25, -0.2) is 0 Å². The number of nitrogens with zero attached hydrogens (tertiary/aromatic N) is 4. The van der Waals surface area contributed by atoms with Gasteiger partial charge in [0.05, 0.1) is 23.4 Å². The van der Waals surface area contributed by atoms with Crippen LogP contribution in [0.2, 0.25) is 0 Å². The maximum atomic E-state index is 12.9. The van der Waals surface area contributed by atoms with Gasteiger partial charge in [-0.3, -0.25) is 9.48 Å². The second-order valence-corrected chi connectivity index (χ2v) is 9.65. The largest absolute Gasteiger partial charge is 0.450 e. The van der Waals surface area contributed by atoms with E-state index in [1.165, 1.54) is 19.3 Å². The smallest absolute Gasteiger partial charge is 0.393 e. The van der Waals surface area contributed by atoms with Crippen molar-refractivity contribution in [3.8, 4) is 6.08 Å². The molecule has 1 aliphatic carbocycles. The third-order valence-electron chi connectivity index (χ3n) is 7.29. The summed E-state index contributed by atoms with van der Waals surface area (Å²) >= 11 is 0. The molecule has 3 heterocycles. The molecule has 0 bridgehead atoms. The van der Waals surface area contributed by atoms with E-state index in [4.69, 9.17) is 9.15 Å². The lowest BCUT2D eigenvalue weighted by Gasteiger charge is -2.30. The molecule has 1 N–H and O–H groups in total. The lowest BCUT2D eigenvalue weighted by molar-refractivity contribution is 0.0921. The quantitative estimate of drug-likeness (QED) is 0.572. The number of ether oxygens (including phenoxy) is 1. The van der Waals surface area contributed by atoms with Crippen molar-refractivity contribution in [3.63, 3.8) is 0 Å². The number of amides is 1. The first-order valence-electron chi connectivity index (χ1n) is 12.7. The number of hydrogen-bond donors (Lipinski definition) is 1. The number of benzene rings is 1. The number of aryl methyl sites for hydroxylation is 1. The SMILES string of the molecule is CCOc1nc2c(o1)CCN(CC[C@H]1CC[C@H](NC(=O)c3cccc4nn(C)cc34)CC1)CC2. The molecule has 2 aliphatic rings. The molecule has 0 spiro atoms. The molecule has 1 aromatic carbocycles. The first kappa shape index (κ1) is 22.9. The fourth-order valence-electron chi connectivity index (χ4n) is 5.38. The van der Waals surface area contributed by atoms with Crippen molar-refractivity contribution >= 4 is 16.8 Å². The summed E-state index contributed by atoms with van der Waals surface area (Å²) in [6.45, 7) is 5.68. The van der Waals surface area contributed by atoms with Crippen LogP contribution in [0.15, 0.2) is 28.8 Å². The predicted octanol–water partition coefficient (Wildman–Crippen LogP) is 3.74. The van der Waals surface area contributed by atoms with E-state index in [1.54, 1.807) is 4.68 Å². The average molecular weight is 466 g/mol. The van der Waals surface area contributed by atoms with Gasteiger partial charge >= 0.3 is 6.08 Å². The van der Waals surface area contributed by atoms with Crippen LogP contribution in [0.25, 0.3) is 10.9 Å². The van der Waals surface area contributed by atoms with Crippen molar-refractivity contribution in [2.75, 3.05) is 26.2 Å². The van der Waals surface area contributed by atoms with E-state index in [1.807, 2.05) is 38.4 Å².